The molecule has 0 bridgehead atoms. The van der Waals surface area contributed by atoms with Crippen LogP contribution in [0.1, 0.15) is 21.7 Å². The Hall–Kier alpha value is -1.82. The predicted molar refractivity (Wildman–Crippen MR) is 85.8 cm³/mol. The molecule has 23 heavy (non-hydrogen) atoms. The van der Waals surface area contributed by atoms with Crippen molar-refractivity contribution in [1.82, 2.24) is 0 Å². The fourth-order valence-corrected chi connectivity index (χ4v) is 4.25. The summed E-state index contributed by atoms with van der Waals surface area (Å²) in [6.45, 7) is 2.88. The number of fused-ring (bicyclic) bond motifs is 2. The zero-order valence-corrected chi connectivity index (χ0v) is 13.6. The number of benzene rings is 1. The number of halogens is 2. The van der Waals surface area contributed by atoms with Gasteiger partial charge in [-0.15, -0.1) is 11.3 Å². The molecule has 1 aromatic heterocycles. The third kappa shape index (κ3) is 2.65. The summed E-state index contributed by atoms with van der Waals surface area (Å²) in [6.07, 6.45) is 2.53. The van der Waals surface area contributed by atoms with E-state index in [1.807, 2.05) is 6.07 Å². The van der Waals surface area contributed by atoms with Crippen LogP contribution < -0.4 is 14.8 Å². The van der Waals surface area contributed by atoms with Crippen molar-refractivity contribution in [3.8, 4) is 11.5 Å². The molecule has 1 unspecified atom stereocenters. The van der Waals surface area contributed by atoms with Crippen LogP contribution >= 0.6 is 11.3 Å². The van der Waals surface area contributed by atoms with E-state index in [0.717, 1.165) is 30.1 Å². The lowest BCUT2D eigenvalue weighted by molar-refractivity contribution is 0.195. The van der Waals surface area contributed by atoms with Gasteiger partial charge in [-0.05, 0) is 37.5 Å². The molecule has 122 valence electrons. The Morgan fingerprint density at radius 1 is 1.30 bits per heavy atom. The lowest BCUT2D eigenvalue weighted by Crippen LogP contribution is -2.33. The molecule has 0 saturated heterocycles. The Balaban J connectivity index is 1.54. The maximum atomic E-state index is 14.1. The Morgan fingerprint density at radius 3 is 3.00 bits per heavy atom. The second kappa shape index (κ2) is 5.67. The molecule has 1 aromatic carbocycles. The first-order chi connectivity index (χ1) is 11.1. The van der Waals surface area contributed by atoms with Crippen molar-refractivity contribution >= 4 is 17.0 Å². The van der Waals surface area contributed by atoms with E-state index in [1.165, 1.54) is 4.88 Å². The van der Waals surface area contributed by atoms with Crippen LogP contribution in [0.15, 0.2) is 12.1 Å². The van der Waals surface area contributed by atoms with Crippen LogP contribution in [0.5, 0.6) is 11.5 Å². The highest BCUT2D eigenvalue weighted by molar-refractivity contribution is 7.12. The highest BCUT2D eigenvalue weighted by Crippen LogP contribution is 2.38. The molecule has 2 aromatic rings. The number of thiophene rings is 1. The van der Waals surface area contributed by atoms with E-state index in [9.17, 15) is 8.78 Å². The molecular formula is C17H17F2NO2S. The number of anilines is 1. The molecule has 2 aliphatic rings. The van der Waals surface area contributed by atoms with Gasteiger partial charge in [-0.25, -0.2) is 4.39 Å². The first kappa shape index (κ1) is 14.8. The summed E-state index contributed by atoms with van der Waals surface area (Å²) >= 11 is 1.72. The lowest BCUT2D eigenvalue weighted by atomic mass is 10.1. The second-order valence-electron chi connectivity index (χ2n) is 5.98. The molecular weight excluding hydrogens is 320 g/mol. The van der Waals surface area contributed by atoms with Gasteiger partial charge in [0.15, 0.2) is 11.6 Å². The number of hydrogen-bond donors (Lipinski definition) is 1. The van der Waals surface area contributed by atoms with E-state index in [-0.39, 0.29) is 17.4 Å². The molecule has 2 aliphatic heterocycles. The van der Waals surface area contributed by atoms with Crippen molar-refractivity contribution in [3.63, 3.8) is 0 Å². The molecule has 3 heterocycles. The monoisotopic (exact) mass is 337 g/mol. The smallest absolute Gasteiger partial charge is 0.203 e. The van der Waals surface area contributed by atoms with Crippen LogP contribution in [-0.4, -0.2) is 19.3 Å². The minimum Gasteiger partial charge on any atom is -0.492 e. The number of rotatable bonds is 2. The summed E-state index contributed by atoms with van der Waals surface area (Å²) in [5, 5.41) is 3.15. The molecule has 3 nitrogen and oxygen atoms in total. The molecule has 6 heteroatoms. The van der Waals surface area contributed by atoms with Crippen LogP contribution in [0.4, 0.5) is 14.5 Å². The average Bonchev–Trinajstić information content (AvgIpc) is 2.95. The fourth-order valence-electron chi connectivity index (χ4n) is 3.03. The Kier molecular flexibility index (Phi) is 3.64. The zero-order chi connectivity index (χ0) is 16.0. The number of ether oxygens (including phenoxy) is 2. The van der Waals surface area contributed by atoms with Crippen LogP contribution in [-0.2, 0) is 12.8 Å². The number of nitrogens with one attached hydrogen (secondary N) is 1. The summed E-state index contributed by atoms with van der Waals surface area (Å²) < 4.78 is 39.2. The molecule has 4 rings (SSSR count). The van der Waals surface area contributed by atoms with Gasteiger partial charge in [-0.1, -0.05) is 0 Å². The van der Waals surface area contributed by atoms with Gasteiger partial charge in [0, 0.05) is 16.2 Å². The first-order valence-corrected chi connectivity index (χ1v) is 8.57. The molecule has 0 fully saturated rings. The Labute approximate surface area is 137 Å². The van der Waals surface area contributed by atoms with E-state index in [0.29, 0.717) is 18.7 Å². The van der Waals surface area contributed by atoms with Crippen molar-refractivity contribution in [2.75, 3.05) is 18.5 Å². The van der Waals surface area contributed by atoms with Crippen molar-refractivity contribution in [3.05, 3.63) is 39.1 Å². The molecule has 0 saturated carbocycles. The molecule has 1 N–H and O–H groups in total. The lowest BCUT2D eigenvalue weighted by Gasteiger charge is -2.28. The van der Waals surface area contributed by atoms with Gasteiger partial charge in [-0.2, -0.15) is 4.39 Å². The largest absolute Gasteiger partial charge is 0.492 e. The maximum absolute atomic E-state index is 14.1. The maximum Gasteiger partial charge on any atom is 0.203 e. The molecule has 0 aliphatic carbocycles. The van der Waals surface area contributed by atoms with E-state index in [1.54, 1.807) is 24.3 Å². The van der Waals surface area contributed by atoms with Crippen LogP contribution in [0, 0.1) is 18.6 Å². The van der Waals surface area contributed by atoms with E-state index in [4.69, 9.17) is 9.47 Å². The first-order valence-electron chi connectivity index (χ1n) is 7.75. The highest BCUT2D eigenvalue weighted by Gasteiger charge is 2.27. The predicted octanol–water partition coefficient (Wildman–Crippen LogP) is 4.08. The van der Waals surface area contributed by atoms with Gasteiger partial charge in [0.05, 0.1) is 18.8 Å². The Bertz CT molecular complexity index is 736. The third-order valence-corrected chi connectivity index (χ3v) is 5.40. The quantitative estimate of drug-likeness (QED) is 0.896. The van der Waals surface area contributed by atoms with Crippen LogP contribution in [0.3, 0.4) is 0 Å². The fraction of sp³-hybridized carbons (Fsp3) is 0.412. The summed E-state index contributed by atoms with van der Waals surface area (Å²) in [7, 11) is 0. The van der Waals surface area contributed by atoms with Crippen molar-refractivity contribution in [2.24, 2.45) is 0 Å². The summed E-state index contributed by atoms with van der Waals surface area (Å²) in [4.78, 5) is 2.42. The second-order valence-corrected chi connectivity index (χ2v) is 7.20. The van der Waals surface area contributed by atoms with Gasteiger partial charge in [0.25, 0.3) is 0 Å². The van der Waals surface area contributed by atoms with Gasteiger partial charge in [-0.3, -0.25) is 0 Å². The van der Waals surface area contributed by atoms with Gasteiger partial charge < -0.3 is 14.8 Å². The standard InChI is InChI=1S/C17H17F2NO2S/c1-9-5-12-17(16(19)15(9)18)22-10(8-20-12)6-11-7-13-14(23-11)3-2-4-21-13/h5,7,10,20H,2-4,6,8H2,1H3. The Morgan fingerprint density at radius 2 is 2.17 bits per heavy atom. The molecule has 0 spiro atoms. The SMILES string of the molecule is Cc1cc2c(c(F)c1F)OC(Cc1cc3c(s1)CCCO3)CN2. The van der Waals surface area contributed by atoms with Crippen LogP contribution in [0.25, 0.3) is 0 Å². The number of hydrogen-bond acceptors (Lipinski definition) is 4. The minimum atomic E-state index is -0.911. The number of aryl methyl sites for hydroxylation is 2. The third-order valence-electron chi connectivity index (χ3n) is 4.20. The molecule has 0 amide bonds. The summed E-state index contributed by atoms with van der Waals surface area (Å²) in [5.41, 5.74) is 0.797. The van der Waals surface area contributed by atoms with Gasteiger partial charge in [0.2, 0.25) is 5.82 Å². The zero-order valence-electron chi connectivity index (χ0n) is 12.7. The van der Waals surface area contributed by atoms with E-state index < -0.39 is 11.6 Å². The van der Waals surface area contributed by atoms with Crippen molar-refractivity contribution in [2.45, 2.75) is 32.3 Å². The van der Waals surface area contributed by atoms with Gasteiger partial charge >= 0.3 is 0 Å². The van der Waals surface area contributed by atoms with Gasteiger partial charge in [0.1, 0.15) is 11.9 Å². The highest BCUT2D eigenvalue weighted by atomic mass is 32.1. The van der Waals surface area contributed by atoms with E-state index in [2.05, 4.69) is 5.32 Å². The minimum absolute atomic E-state index is 0.0121. The summed E-state index contributed by atoms with van der Waals surface area (Å²) in [5.74, 6) is -0.799. The topological polar surface area (TPSA) is 30.5 Å². The van der Waals surface area contributed by atoms with Crippen molar-refractivity contribution < 1.29 is 18.3 Å². The summed E-state index contributed by atoms with van der Waals surface area (Å²) in [6, 6.07) is 3.63. The average molecular weight is 337 g/mol. The van der Waals surface area contributed by atoms with Crippen LogP contribution in [0.2, 0.25) is 0 Å². The normalized spacial score (nSPS) is 19.2. The van der Waals surface area contributed by atoms with Crippen molar-refractivity contribution in [1.29, 1.82) is 0 Å². The molecule has 1 atom stereocenters. The molecule has 0 radical (unpaired) electrons. The van der Waals surface area contributed by atoms with E-state index >= 15 is 0 Å².